The molecule has 1 aromatic rings. The Balaban J connectivity index is 1.77. The fraction of sp³-hybridized carbons (Fsp3) is 0.533. The van der Waals surface area contributed by atoms with Crippen LogP contribution in [0.15, 0.2) is 11.0 Å². The lowest BCUT2D eigenvalue weighted by Gasteiger charge is -2.32. The Labute approximate surface area is 134 Å². The number of rotatable bonds is 3. The van der Waals surface area contributed by atoms with Gasteiger partial charge in [-0.05, 0) is 6.07 Å². The second-order valence-electron chi connectivity index (χ2n) is 5.91. The van der Waals surface area contributed by atoms with Crippen molar-refractivity contribution in [3.8, 4) is 11.5 Å². The minimum atomic E-state index is -3.66. The van der Waals surface area contributed by atoms with Crippen molar-refractivity contribution in [1.29, 1.82) is 0 Å². The average molecular weight is 338 g/mol. The summed E-state index contributed by atoms with van der Waals surface area (Å²) in [5, 5.41) is 0. The molecule has 8 heteroatoms. The fourth-order valence-electron chi connectivity index (χ4n) is 3.39. The summed E-state index contributed by atoms with van der Waals surface area (Å²) < 4.78 is 39.1. The zero-order valence-corrected chi connectivity index (χ0v) is 13.5. The van der Waals surface area contributed by atoms with Gasteiger partial charge in [-0.15, -0.1) is 0 Å². The predicted octanol–water partition coefficient (Wildman–Crippen LogP) is 0.0191. The third kappa shape index (κ3) is 2.28. The van der Waals surface area contributed by atoms with E-state index in [1.165, 1.54) is 4.31 Å². The number of sulfonamides is 1. The fourth-order valence-corrected chi connectivity index (χ4v) is 5.23. The van der Waals surface area contributed by atoms with Crippen molar-refractivity contribution in [2.45, 2.75) is 17.7 Å². The number of nitrogens with zero attached hydrogens (tertiary/aromatic N) is 2. The molecule has 0 radical (unpaired) electrons. The molecule has 0 spiro atoms. The minimum Gasteiger partial charge on any atom is -0.493 e. The monoisotopic (exact) mass is 338 g/mol. The molecule has 3 heterocycles. The van der Waals surface area contributed by atoms with Crippen molar-refractivity contribution in [2.75, 3.05) is 39.4 Å². The van der Waals surface area contributed by atoms with Crippen LogP contribution >= 0.6 is 0 Å². The third-order valence-corrected chi connectivity index (χ3v) is 6.62. The molecular formula is C15H18N2O5S. The largest absolute Gasteiger partial charge is 0.493 e. The summed E-state index contributed by atoms with van der Waals surface area (Å²) in [6.45, 7) is 2.44. The van der Waals surface area contributed by atoms with Crippen LogP contribution in [0.25, 0.3) is 0 Å². The van der Waals surface area contributed by atoms with E-state index in [-0.39, 0.29) is 4.90 Å². The number of hydrogen-bond donors (Lipinski definition) is 0. The van der Waals surface area contributed by atoms with E-state index in [0.29, 0.717) is 63.7 Å². The van der Waals surface area contributed by atoms with Crippen molar-refractivity contribution in [3.05, 3.63) is 17.2 Å². The Kier molecular flexibility index (Phi) is 3.46. The van der Waals surface area contributed by atoms with Gasteiger partial charge in [0.05, 0.1) is 13.2 Å². The Bertz CT molecular complexity index is 721. The number of ether oxygens (including phenoxy) is 2. The standard InChI is InChI=1S/C15H18N2O5S/c18-10-16-3-5-17(6-4-16)23(19,20)15-12-2-8-21-13(12)9-11-1-7-22-14(11)15/h9-10H,1-8H2. The number of carbonyl (C=O) groups is 1. The van der Waals surface area contributed by atoms with E-state index < -0.39 is 10.0 Å². The lowest BCUT2D eigenvalue weighted by atomic mass is 10.1. The topological polar surface area (TPSA) is 76.2 Å². The number of carbonyl (C=O) groups excluding carboxylic acids is 1. The number of piperazine rings is 1. The molecule has 1 aromatic carbocycles. The molecule has 0 saturated carbocycles. The van der Waals surface area contributed by atoms with Gasteiger partial charge in [0.25, 0.3) is 0 Å². The van der Waals surface area contributed by atoms with Crippen molar-refractivity contribution >= 4 is 16.4 Å². The summed E-state index contributed by atoms with van der Waals surface area (Å²) in [6, 6.07) is 1.91. The highest BCUT2D eigenvalue weighted by Gasteiger charge is 2.38. The summed E-state index contributed by atoms with van der Waals surface area (Å²) in [5.74, 6) is 1.16. The minimum absolute atomic E-state index is 0.277. The van der Waals surface area contributed by atoms with Gasteiger partial charge in [-0.25, -0.2) is 8.42 Å². The average Bonchev–Trinajstić information content (AvgIpc) is 3.20. The van der Waals surface area contributed by atoms with Crippen molar-refractivity contribution in [2.24, 2.45) is 0 Å². The molecule has 1 amide bonds. The molecular weight excluding hydrogens is 320 g/mol. The lowest BCUT2D eigenvalue weighted by Crippen LogP contribution is -2.48. The third-order valence-electron chi connectivity index (χ3n) is 4.62. The van der Waals surface area contributed by atoms with Crippen LogP contribution in [0, 0.1) is 0 Å². The van der Waals surface area contributed by atoms with Crippen LogP contribution in [0.1, 0.15) is 11.1 Å². The molecule has 0 aromatic heterocycles. The van der Waals surface area contributed by atoms with Crippen LogP contribution in [-0.2, 0) is 27.7 Å². The molecule has 7 nitrogen and oxygen atoms in total. The first kappa shape index (κ1) is 14.8. The van der Waals surface area contributed by atoms with Crippen LogP contribution in [-0.4, -0.2) is 63.4 Å². The quantitative estimate of drug-likeness (QED) is 0.726. The molecule has 124 valence electrons. The maximum atomic E-state index is 13.2. The molecule has 23 heavy (non-hydrogen) atoms. The second kappa shape index (κ2) is 5.38. The summed E-state index contributed by atoms with van der Waals surface area (Å²) in [6.07, 6.45) is 2.04. The molecule has 3 aliphatic rings. The first-order chi connectivity index (χ1) is 11.1. The van der Waals surface area contributed by atoms with Crippen LogP contribution in [0.3, 0.4) is 0 Å². The van der Waals surface area contributed by atoms with E-state index >= 15 is 0 Å². The smallest absolute Gasteiger partial charge is 0.247 e. The number of benzene rings is 1. The predicted molar refractivity (Wildman–Crippen MR) is 81.2 cm³/mol. The zero-order chi connectivity index (χ0) is 16.0. The molecule has 0 unspecified atom stereocenters. The SMILES string of the molecule is O=CN1CCN(S(=O)(=O)c2c3c(cc4c2OCC4)OCC3)CC1. The molecule has 0 atom stereocenters. The molecule has 0 bridgehead atoms. The number of fused-ring (bicyclic) bond motifs is 2. The van der Waals surface area contributed by atoms with E-state index in [0.717, 1.165) is 17.5 Å². The van der Waals surface area contributed by atoms with Crippen LogP contribution in [0.5, 0.6) is 11.5 Å². The van der Waals surface area contributed by atoms with E-state index in [1.807, 2.05) is 6.07 Å². The molecule has 3 aliphatic heterocycles. The van der Waals surface area contributed by atoms with Gasteiger partial charge in [0.2, 0.25) is 16.4 Å². The molecule has 0 N–H and O–H groups in total. The first-order valence-corrected chi connectivity index (χ1v) is 9.19. The van der Waals surface area contributed by atoms with Gasteiger partial charge in [-0.1, -0.05) is 0 Å². The van der Waals surface area contributed by atoms with Crippen molar-refractivity contribution in [1.82, 2.24) is 9.21 Å². The van der Waals surface area contributed by atoms with E-state index in [1.54, 1.807) is 4.90 Å². The maximum absolute atomic E-state index is 13.2. The van der Waals surface area contributed by atoms with Gasteiger partial charge in [-0.2, -0.15) is 4.31 Å². The number of hydrogen-bond acceptors (Lipinski definition) is 5. The van der Waals surface area contributed by atoms with Gasteiger partial charge in [0.1, 0.15) is 16.4 Å². The highest BCUT2D eigenvalue weighted by Crippen LogP contribution is 2.44. The Hall–Kier alpha value is -1.80. The Morgan fingerprint density at radius 3 is 2.52 bits per heavy atom. The Morgan fingerprint density at radius 2 is 1.78 bits per heavy atom. The van der Waals surface area contributed by atoms with Crippen molar-refractivity contribution < 1.29 is 22.7 Å². The van der Waals surface area contributed by atoms with Crippen LogP contribution < -0.4 is 9.47 Å². The first-order valence-electron chi connectivity index (χ1n) is 7.75. The summed E-state index contributed by atoms with van der Waals surface area (Å²) >= 11 is 0. The van der Waals surface area contributed by atoms with Crippen molar-refractivity contribution in [3.63, 3.8) is 0 Å². The molecule has 1 saturated heterocycles. The van der Waals surface area contributed by atoms with E-state index in [9.17, 15) is 13.2 Å². The normalized spacial score (nSPS) is 20.6. The summed E-state index contributed by atoms with van der Waals surface area (Å²) in [5.41, 5.74) is 1.62. The molecule has 4 rings (SSSR count). The van der Waals surface area contributed by atoms with Gasteiger partial charge < -0.3 is 14.4 Å². The van der Waals surface area contributed by atoms with Gasteiger partial charge >= 0.3 is 0 Å². The van der Waals surface area contributed by atoms with Gasteiger partial charge in [-0.3, -0.25) is 4.79 Å². The lowest BCUT2D eigenvalue weighted by molar-refractivity contribution is -0.119. The van der Waals surface area contributed by atoms with Gasteiger partial charge in [0, 0.05) is 50.1 Å². The summed E-state index contributed by atoms with van der Waals surface area (Å²) in [7, 11) is -3.66. The van der Waals surface area contributed by atoms with Gasteiger partial charge in [0.15, 0.2) is 0 Å². The Morgan fingerprint density at radius 1 is 1.04 bits per heavy atom. The second-order valence-corrected chi connectivity index (χ2v) is 7.79. The number of amides is 1. The summed E-state index contributed by atoms with van der Waals surface area (Å²) in [4.78, 5) is 12.7. The highest BCUT2D eigenvalue weighted by atomic mass is 32.2. The maximum Gasteiger partial charge on any atom is 0.247 e. The molecule has 1 fully saturated rings. The zero-order valence-electron chi connectivity index (χ0n) is 12.7. The van der Waals surface area contributed by atoms with E-state index in [2.05, 4.69) is 0 Å². The van der Waals surface area contributed by atoms with E-state index in [4.69, 9.17) is 9.47 Å². The highest BCUT2D eigenvalue weighted by molar-refractivity contribution is 7.89. The van der Waals surface area contributed by atoms with Crippen LogP contribution in [0.2, 0.25) is 0 Å². The molecule has 0 aliphatic carbocycles. The van der Waals surface area contributed by atoms with Crippen LogP contribution in [0.4, 0.5) is 0 Å².